The highest BCUT2D eigenvalue weighted by molar-refractivity contribution is 8.00. The second kappa shape index (κ2) is 9.44. The monoisotopic (exact) mass is 445 g/mol. The van der Waals surface area contributed by atoms with Gasteiger partial charge < -0.3 is 4.74 Å². The van der Waals surface area contributed by atoms with Gasteiger partial charge in [0.25, 0.3) is 0 Å². The van der Waals surface area contributed by atoms with Gasteiger partial charge in [0, 0.05) is 5.69 Å². The minimum atomic E-state index is -3.62. The lowest BCUT2D eigenvalue weighted by Crippen LogP contribution is -2.18. The third-order valence-corrected chi connectivity index (χ3v) is 6.96. The molecule has 0 N–H and O–H groups in total. The molecule has 1 unspecified atom stereocenters. The van der Waals surface area contributed by atoms with Crippen LogP contribution in [0.2, 0.25) is 0 Å². The summed E-state index contributed by atoms with van der Waals surface area (Å²) in [7, 11) is -3.62. The predicted octanol–water partition coefficient (Wildman–Crippen LogP) is 3.59. The third-order valence-electron chi connectivity index (χ3n) is 4.31. The molecule has 2 aromatic carbocycles. The van der Waals surface area contributed by atoms with Gasteiger partial charge in [-0.25, -0.2) is 8.42 Å². The largest absolute Gasteiger partial charge is 0.465 e. The smallest absolute Gasteiger partial charge is 0.319 e. The minimum Gasteiger partial charge on any atom is -0.465 e. The van der Waals surface area contributed by atoms with Gasteiger partial charge in [0.05, 0.1) is 11.5 Å². The van der Waals surface area contributed by atoms with Crippen molar-refractivity contribution in [3.8, 4) is 5.69 Å². The number of carbonyl (C=O) groups is 1. The second-order valence-corrected chi connectivity index (χ2v) is 9.95. The molecule has 0 saturated carbocycles. The molecule has 0 bridgehead atoms. The van der Waals surface area contributed by atoms with Crippen LogP contribution in [-0.2, 0) is 25.1 Å². The van der Waals surface area contributed by atoms with E-state index in [9.17, 15) is 13.2 Å². The van der Waals surface area contributed by atoms with Gasteiger partial charge in [-0.2, -0.15) is 0 Å². The zero-order chi connectivity index (χ0) is 21.7. The van der Waals surface area contributed by atoms with Crippen molar-refractivity contribution in [2.24, 2.45) is 0 Å². The molecule has 0 radical (unpaired) electrons. The summed E-state index contributed by atoms with van der Waals surface area (Å²) in [6.07, 6.45) is 0. The Bertz CT molecular complexity index is 1110. The zero-order valence-electron chi connectivity index (χ0n) is 17.0. The van der Waals surface area contributed by atoms with Gasteiger partial charge in [-0.05, 0) is 45.0 Å². The third kappa shape index (κ3) is 5.09. The number of aromatic nitrogens is 3. The standard InChI is InChI=1S/C21H23N3O4S2/c1-4-28-20(25)16(3)29-21-23-22-19(24(21)17-8-6-5-7-9-17)14-30(26,27)18-12-10-15(2)11-13-18/h5-13,16H,4,14H2,1-3H3. The molecule has 0 aliphatic carbocycles. The molecule has 0 aliphatic rings. The van der Waals surface area contributed by atoms with Crippen LogP contribution in [0, 0.1) is 6.92 Å². The van der Waals surface area contributed by atoms with Crippen LogP contribution in [0.25, 0.3) is 5.69 Å². The Hall–Kier alpha value is -2.65. The second-order valence-electron chi connectivity index (χ2n) is 6.65. The van der Waals surface area contributed by atoms with E-state index in [0.717, 1.165) is 11.3 Å². The molecule has 0 spiro atoms. The van der Waals surface area contributed by atoms with Crippen molar-refractivity contribution < 1.29 is 17.9 Å². The van der Waals surface area contributed by atoms with Gasteiger partial charge in [0.15, 0.2) is 20.8 Å². The van der Waals surface area contributed by atoms with Crippen molar-refractivity contribution in [1.82, 2.24) is 14.8 Å². The van der Waals surface area contributed by atoms with Crippen LogP contribution >= 0.6 is 11.8 Å². The molecule has 9 heteroatoms. The summed E-state index contributed by atoms with van der Waals surface area (Å²) < 4.78 is 32.7. The number of thioether (sulfide) groups is 1. The van der Waals surface area contributed by atoms with E-state index in [4.69, 9.17) is 4.74 Å². The molecule has 1 aromatic heterocycles. The average molecular weight is 446 g/mol. The summed E-state index contributed by atoms with van der Waals surface area (Å²) in [5.41, 5.74) is 1.70. The van der Waals surface area contributed by atoms with E-state index in [2.05, 4.69) is 10.2 Å². The molecule has 7 nitrogen and oxygen atoms in total. The quantitative estimate of drug-likeness (QED) is 0.386. The van der Waals surface area contributed by atoms with Gasteiger partial charge in [0.2, 0.25) is 0 Å². The van der Waals surface area contributed by atoms with Gasteiger partial charge >= 0.3 is 5.97 Å². The van der Waals surface area contributed by atoms with Crippen molar-refractivity contribution >= 4 is 27.6 Å². The van der Waals surface area contributed by atoms with E-state index in [-0.39, 0.29) is 29.0 Å². The van der Waals surface area contributed by atoms with Crippen LogP contribution in [0.15, 0.2) is 64.6 Å². The highest BCUT2D eigenvalue weighted by atomic mass is 32.2. The molecule has 0 fully saturated rings. The Labute approximate surface area is 180 Å². The van der Waals surface area contributed by atoms with Crippen molar-refractivity contribution in [3.05, 3.63) is 66.0 Å². The summed E-state index contributed by atoms with van der Waals surface area (Å²) >= 11 is 1.18. The number of hydrogen-bond acceptors (Lipinski definition) is 7. The summed E-state index contributed by atoms with van der Waals surface area (Å²) in [6.45, 7) is 5.65. The van der Waals surface area contributed by atoms with Crippen LogP contribution < -0.4 is 0 Å². The number of hydrogen-bond donors (Lipinski definition) is 0. The van der Waals surface area contributed by atoms with Gasteiger partial charge in [-0.3, -0.25) is 9.36 Å². The number of sulfone groups is 1. The number of ether oxygens (including phenoxy) is 1. The van der Waals surface area contributed by atoms with Gasteiger partial charge in [-0.1, -0.05) is 47.7 Å². The summed E-state index contributed by atoms with van der Waals surface area (Å²) in [5, 5.41) is 8.22. The molecule has 0 aliphatic heterocycles. The SMILES string of the molecule is CCOC(=O)C(C)Sc1nnc(CS(=O)(=O)c2ccc(C)cc2)n1-c1ccccc1. The lowest BCUT2D eigenvalue weighted by molar-refractivity contribution is -0.142. The summed E-state index contributed by atoms with van der Waals surface area (Å²) in [6, 6.07) is 15.9. The first-order valence-corrected chi connectivity index (χ1v) is 12.0. The molecule has 158 valence electrons. The number of nitrogens with zero attached hydrogens (tertiary/aromatic N) is 3. The predicted molar refractivity (Wildman–Crippen MR) is 115 cm³/mol. The maximum atomic E-state index is 13.0. The Balaban J connectivity index is 1.98. The molecule has 0 amide bonds. The molecule has 3 aromatic rings. The zero-order valence-corrected chi connectivity index (χ0v) is 18.6. The fraction of sp³-hybridized carbons (Fsp3) is 0.286. The fourth-order valence-electron chi connectivity index (χ4n) is 2.77. The fourth-order valence-corrected chi connectivity index (χ4v) is 4.90. The highest BCUT2D eigenvalue weighted by Crippen LogP contribution is 2.28. The first-order chi connectivity index (χ1) is 14.3. The Morgan fingerprint density at radius 2 is 1.77 bits per heavy atom. The van der Waals surface area contributed by atoms with Crippen molar-refractivity contribution in [3.63, 3.8) is 0 Å². The van der Waals surface area contributed by atoms with Gasteiger partial charge in [0.1, 0.15) is 11.0 Å². The number of aryl methyl sites for hydroxylation is 1. The lowest BCUT2D eigenvalue weighted by atomic mass is 10.2. The lowest BCUT2D eigenvalue weighted by Gasteiger charge is -2.13. The normalized spacial score (nSPS) is 12.5. The van der Waals surface area contributed by atoms with Crippen molar-refractivity contribution in [2.45, 2.75) is 41.8 Å². The molecular formula is C21H23N3O4S2. The topological polar surface area (TPSA) is 91.2 Å². The van der Waals surface area contributed by atoms with Crippen LogP contribution in [0.3, 0.4) is 0 Å². The number of para-hydroxylation sites is 1. The van der Waals surface area contributed by atoms with Crippen LogP contribution in [0.5, 0.6) is 0 Å². The number of esters is 1. The van der Waals surface area contributed by atoms with E-state index < -0.39 is 15.1 Å². The van der Waals surface area contributed by atoms with Gasteiger partial charge in [-0.15, -0.1) is 10.2 Å². The molecular weight excluding hydrogens is 422 g/mol. The van der Waals surface area contributed by atoms with E-state index in [1.54, 1.807) is 42.7 Å². The summed E-state index contributed by atoms with van der Waals surface area (Å²) in [4.78, 5) is 12.3. The molecule has 30 heavy (non-hydrogen) atoms. The first kappa shape index (κ1) is 22.0. The Morgan fingerprint density at radius 1 is 1.10 bits per heavy atom. The van der Waals surface area contributed by atoms with Crippen LogP contribution in [-0.4, -0.2) is 41.0 Å². The van der Waals surface area contributed by atoms with Crippen LogP contribution in [0.1, 0.15) is 25.2 Å². The average Bonchev–Trinajstić information content (AvgIpc) is 3.10. The maximum Gasteiger partial charge on any atom is 0.319 e. The molecule has 3 rings (SSSR count). The molecule has 0 saturated heterocycles. The Kier molecular flexibility index (Phi) is 6.94. The Morgan fingerprint density at radius 3 is 2.40 bits per heavy atom. The first-order valence-electron chi connectivity index (χ1n) is 9.44. The van der Waals surface area contributed by atoms with Crippen LogP contribution in [0.4, 0.5) is 0 Å². The number of rotatable bonds is 8. The van der Waals surface area contributed by atoms with E-state index >= 15 is 0 Å². The van der Waals surface area contributed by atoms with E-state index in [0.29, 0.717) is 5.16 Å². The highest BCUT2D eigenvalue weighted by Gasteiger charge is 2.25. The molecule has 1 heterocycles. The van der Waals surface area contributed by atoms with Crippen molar-refractivity contribution in [1.29, 1.82) is 0 Å². The number of benzene rings is 2. The van der Waals surface area contributed by atoms with E-state index in [1.807, 2.05) is 37.3 Å². The molecule has 1 atom stereocenters. The number of carbonyl (C=O) groups excluding carboxylic acids is 1. The maximum absolute atomic E-state index is 13.0. The minimum absolute atomic E-state index is 0.227. The van der Waals surface area contributed by atoms with Crippen molar-refractivity contribution in [2.75, 3.05) is 6.61 Å². The van der Waals surface area contributed by atoms with E-state index in [1.165, 1.54) is 11.8 Å². The summed E-state index contributed by atoms with van der Waals surface area (Å²) in [5.74, 6) is -0.397.